The molecule has 1 aliphatic rings. The summed E-state index contributed by atoms with van der Waals surface area (Å²) < 4.78 is 40.5. The van der Waals surface area contributed by atoms with Gasteiger partial charge >= 0.3 is 0 Å². The zero-order valence-electron chi connectivity index (χ0n) is 12.1. The fourth-order valence-corrected chi connectivity index (χ4v) is 4.08. The summed E-state index contributed by atoms with van der Waals surface area (Å²) in [5, 5.41) is 0. The number of halogens is 1. The van der Waals surface area contributed by atoms with Gasteiger partial charge in [-0.2, -0.15) is 4.31 Å². The third kappa shape index (κ3) is 2.67. The smallest absolute Gasteiger partial charge is 0.246 e. The highest BCUT2D eigenvalue weighted by Gasteiger charge is 2.33. The van der Waals surface area contributed by atoms with Crippen LogP contribution in [0.1, 0.15) is 25.8 Å². The van der Waals surface area contributed by atoms with Crippen molar-refractivity contribution < 1.29 is 12.8 Å². The van der Waals surface area contributed by atoms with E-state index in [9.17, 15) is 12.8 Å². The van der Waals surface area contributed by atoms with Crippen LogP contribution >= 0.6 is 0 Å². The fourth-order valence-electron chi connectivity index (χ4n) is 2.45. The van der Waals surface area contributed by atoms with Crippen molar-refractivity contribution in [2.24, 2.45) is 11.8 Å². The first-order valence-corrected chi connectivity index (χ1v) is 8.23. The van der Waals surface area contributed by atoms with Gasteiger partial charge in [0, 0.05) is 18.8 Å². The molecular weight excluding hydrogens is 279 g/mol. The Morgan fingerprint density at radius 3 is 2.55 bits per heavy atom. The Kier molecular flexibility index (Phi) is 4.07. The van der Waals surface area contributed by atoms with Crippen LogP contribution in [0.5, 0.6) is 0 Å². The van der Waals surface area contributed by atoms with E-state index in [1.807, 2.05) is 6.92 Å². The molecule has 6 heteroatoms. The minimum absolute atomic E-state index is 0.268. The third-order valence-corrected chi connectivity index (χ3v) is 6.12. The molecule has 1 aromatic rings. The van der Waals surface area contributed by atoms with E-state index in [-0.39, 0.29) is 10.8 Å². The van der Waals surface area contributed by atoms with Crippen molar-refractivity contribution in [1.29, 1.82) is 0 Å². The molecule has 1 aromatic carbocycles. The molecule has 2 N–H and O–H groups in total. The van der Waals surface area contributed by atoms with Gasteiger partial charge in [-0.05, 0) is 42.9 Å². The van der Waals surface area contributed by atoms with E-state index in [1.165, 1.54) is 16.4 Å². The first kappa shape index (κ1) is 15.3. The van der Waals surface area contributed by atoms with Gasteiger partial charge in [0.1, 0.15) is 10.7 Å². The lowest BCUT2D eigenvalue weighted by molar-refractivity contribution is 0.212. The first-order valence-electron chi connectivity index (χ1n) is 6.79. The second-order valence-corrected chi connectivity index (χ2v) is 7.65. The molecule has 1 aliphatic heterocycles. The molecule has 1 heterocycles. The summed E-state index contributed by atoms with van der Waals surface area (Å²) in [5.41, 5.74) is 6.55. The highest BCUT2D eigenvalue weighted by Crippen LogP contribution is 2.29. The Hall–Kier alpha value is -1.14. The Bertz CT molecular complexity index is 616. The number of benzene rings is 1. The third-order valence-electron chi connectivity index (χ3n) is 4.24. The molecular formula is C14H21FN2O2S. The van der Waals surface area contributed by atoms with Gasteiger partial charge in [0.05, 0.1) is 0 Å². The largest absolute Gasteiger partial charge is 0.398 e. The predicted molar refractivity (Wildman–Crippen MR) is 77.3 cm³/mol. The normalized spacial score (nSPS) is 24.8. The quantitative estimate of drug-likeness (QED) is 0.853. The number of sulfonamides is 1. The molecule has 0 aliphatic carbocycles. The molecule has 1 saturated heterocycles. The van der Waals surface area contributed by atoms with E-state index in [2.05, 4.69) is 6.92 Å². The van der Waals surface area contributed by atoms with Crippen molar-refractivity contribution in [1.82, 2.24) is 4.31 Å². The number of anilines is 1. The minimum Gasteiger partial charge on any atom is -0.398 e. The van der Waals surface area contributed by atoms with E-state index < -0.39 is 15.8 Å². The van der Waals surface area contributed by atoms with Gasteiger partial charge < -0.3 is 5.73 Å². The lowest BCUT2D eigenvalue weighted by atomic mass is 9.90. The standard InChI is InChI=1S/C14H21FN2O2S/c1-9-4-5-17(8-11(9)3)20(18,19)14-7-13(16)10(2)6-12(14)15/h6-7,9,11H,4-5,8,16H2,1-3H3. The Labute approximate surface area is 119 Å². The second kappa shape index (κ2) is 5.33. The Balaban J connectivity index is 2.38. The summed E-state index contributed by atoms with van der Waals surface area (Å²) in [6.07, 6.45) is 0.795. The average molecular weight is 300 g/mol. The van der Waals surface area contributed by atoms with Crippen LogP contribution in [-0.4, -0.2) is 25.8 Å². The first-order chi connectivity index (χ1) is 9.23. The van der Waals surface area contributed by atoms with Crippen LogP contribution < -0.4 is 5.73 Å². The molecule has 1 fully saturated rings. The van der Waals surface area contributed by atoms with Gasteiger partial charge in [-0.3, -0.25) is 0 Å². The summed E-state index contributed by atoms with van der Waals surface area (Å²) in [7, 11) is -3.81. The maximum Gasteiger partial charge on any atom is 0.246 e. The van der Waals surface area contributed by atoms with Crippen LogP contribution in [-0.2, 0) is 10.0 Å². The maximum atomic E-state index is 14.0. The number of aryl methyl sites for hydroxylation is 1. The molecule has 2 unspecified atom stereocenters. The van der Waals surface area contributed by atoms with Crippen molar-refractivity contribution in [2.75, 3.05) is 18.8 Å². The fraction of sp³-hybridized carbons (Fsp3) is 0.571. The molecule has 2 rings (SSSR count). The van der Waals surface area contributed by atoms with Crippen LogP contribution in [0.25, 0.3) is 0 Å². The molecule has 112 valence electrons. The highest BCUT2D eigenvalue weighted by molar-refractivity contribution is 7.89. The molecule has 0 spiro atoms. The number of piperidine rings is 1. The van der Waals surface area contributed by atoms with E-state index in [0.717, 1.165) is 6.42 Å². The van der Waals surface area contributed by atoms with Gasteiger partial charge in [0.25, 0.3) is 0 Å². The van der Waals surface area contributed by atoms with Crippen molar-refractivity contribution >= 4 is 15.7 Å². The maximum absolute atomic E-state index is 14.0. The van der Waals surface area contributed by atoms with Crippen LogP contribution in [0.4, 0.5) is 10.1 Å². The summed E-state index contributed by atoms with van der Waals surface area (Å²) in [4.78, 5) is -0.317. The molecule has 0 radical (unpaired) electrons. The number of hydrogen-bond donors (Lipinski definition) is 1. The molecule has 0 amide bonds. The molecule has 0 aromatic heterocycles. The van der Waals surface area contributed by atoms with Gasteiger partial charge in [-0.25, -0.2) is 12.8 Å². The van der Waals surface area contributed by atoms with E-state index in [1.54, 1.807) is 6.92 Å². The van der Waals surface area contributed by atoms with E-state index in [4.69, 9.17) is 5.73 Å². The zero-order valence-corrected chi connectivity index (χ0v) is 12.9. The molecule has 20 heavy (non-hydrogen) atoms. The van der Waals surface area contributed by atoms with Gasteiger partial charge in [-0.15, -0.1) is 0 Å². The number of nitrogen functional groups attached to an aromatic ring is 1. The lowest BCUT2D eigenvalue weighted by Crippen LogP contribution is -2.42. The monoisotopic (exact) mass is 300 g/mol. The van der Waals surface area contributed by atoms with Crippen molar-refractivity contribution in [3.8, 4) is 0 Å². The number of nitrogens with two attached hydrogens (primary N) is 1. The average Bonchev–Trinajstić information content (AvgIpc) is 2.36. The van der Waals surface area contributed by atoms with Gasteiger partial charge in [0.15, 0.2) is 0 Å². The summed E-state index contributed by atoms with van der Waals surface area (Å²) in [6.45, 7) is 6.64. The summed E-state index contributed by atoms with van der Waals surface area (Å²) in [6, 6.07) is 2.40. The van der Waals surface area contributed by atoms with Crippen molar-refractivity contribution in [2.45, 2.75) is 32.1 Å². The highest BCUT2D eigenvalue weighted by atomic mass is 32.2. The zero-order chi connectivity index (χ0) is 15.1. The number of nitrogens with zero attached hydrogens (tertiary/aromatic N) is 1. The number of hydrogen-bond acceptors (Lipinski definition) is 3. The van der Waals surface area contributed by atoms with Crippen LogP contribution in [0.15, 0.2) is 17.0 Å². The van der Waals surface area contributed by atoms with Crippen LogP contribution in [0.2, 0.25) is 0 Å². The number of rotatable bonds is 2. The lowest BCUT2D eigenvalue weighted by Gasteiger charge is -2.34. The molecule has 0 bridgehead atoms. The second-order valence-electron chi connectivity index (χ2n) is 5.75. The molecule has 0 saturated carbocycles. The Morgan fingerprint density at radius 1 is 1.30 bits per heavy atom. The summed E-state index contributed by atoms with van der Waals surface area (Å²) >= 11 is 0. The molecule has 2 atom stereocenters. The Morgan fingerprint density at radius 2 is 1.95 bits per heavy atom. The SMILES string of the molecule is Cc1cc(F)c(S(=O)(=O)N2CCC(C)C(C)C2)cc1N. The topological polar surface area (TPSA) is 63.4 Å². The van der Waals surface area contributed by atoms with Gasteiger partial charge in [0.2, 0.25) is 10.0 Å². The molecule has 4 nitrogen and oxygen atoms in total. The van der Waals surface area contributed by atoms with E-state index in [0.29, 0.717) is 30.3 Å². The van der Waals surface area contributed by atoms with Crippen molar-refractivity contribution in [3.63, 3.8) is 0 Å². The predicted octanol–water partition coefficient (Wildman–Crippen LogP) is 2.38. The van der Waals surface area contributed by atoms with Crippen LogP contribution in [0.3, 0.4) is 0 Å². The van der Waals surface area contributed by atoms with Crippen LogP contribution in [0, 0.1) is 24.6 Å². The van der Waals surface area contributed by atoms with E-state index >= 15 is 0 Å². The minimum atomic E-state index is -3.81. The van der Waals surface area contributed by atoms with Gasteiger partial charge in [-0.1, -0.05) is 13.8 Å². The van der Waals surface area contributed by atoms with Crippen molar-refractivity contribution in [3.05, 3.63) is 23.5 Å². The summed E-state index contributed by atoms with van der Waals surface area (Å²) in [5.74, 6) is 0.0155.